The van der Waals surface area contributed by atoms with E-state index >= 15 is 0 Å². The summed E-state index contributed by atoms with van der Waals surface area (Å²) in [4.78, 5) is 39.0. The quantitative estimate of drug-likeness (QED) is 0.179. The highest BCUT2D eigenvalue weighted by Crippen LogP contribution is 2.42. The minimum Gasteiger partial charge on any atom is -0.450 e. The lowest BCUT2D eigenvalue weighted by atomic mass is 9.82. The molecule has 17 heteroatoms. The lowest BCUT2D eigenvalue weighted by Gasteiger charge is -2.44. The average Bonchev–Trinajstić information content (AvgIpc) is 3.19. The minimum absolute atomic E-state index is 0. The Bertz CT molecular complexity index is 982. The van der Waals surface area contributed by atoms with Gasteiger partial charge in [-0.25, -0.2) is 9.56 Å². The van der Waals surface area contributed by atoms with Crippen molar-refractivity contribution in [3.05, 3.63) is 20.9 Å². The zero-order valence-corrected chi connectivity index (χ0v) is 22.5. The fourth-order valence-electron chi connectivity index (χ4n) is 4.57. The highest BCUT2D eigenvalue weighted by molar-refractivity contribution is 7.46. The summed E-state index contributed by atoms with van der Waals surface area (Å²) in [5.41, 5.74) is 16.7. The van der Waals surface area contributed by atoms with Crippen LogP contribution in [-0.4, -0.2) is 71.6 Å². The van der Waals surface area contributed by atoms with Gasteiger partial charge in [0.05, 0.1) is 31.3 Å². The number of aliphatic imine (C=N–C) groups is 1. The molecule has 3 aliphatic rings. The van der Waals surface area contributed by atoms with Gasteiger partial charge in [0.1, 0.15) is 6.04 Å². The van der Waals surface area contributed by atoms with Crippen LogP contribution in [0.25, 0.3) is 20.9 Å². The minimum atomic E-state index is -4.79. The Morgan fingerprint density at radius 2 is 1.58 bits per heavy atom. The third-order valence-corrected chi connectivity index (χ3v) is 7.49. The second-order valence-electron chi connectivity index (χ2n) is 9.43. The van der Waals surface area contributed by atoms with Crippen molar-refractivity contribution in [2.75, 3.05) is 13.1 Å². The fraction of sp³-hybridized carbons (Fsp3) is 0.905. The van der Waals surface area contributed by atoms with E-state index in [0.29, 0.717) is 24.3 Å². The van der Waals surface area contributed by atoms with E-state index in [1.54, 1.807) is 6.92 Å². The molecule has 0 bridgehead atoms. The zero-order valence-electron chi connectivity index (χ0n) is 21.6. The molecule has 0 saturated carbocycles. The number of azide groups is 2. The number of hydrogen-bond acceptors (Lipinski definition) is 9. The topological polar surface area (TPSA) is 233 Å². The van der Waals surface area contributed by atoms with Crippen LogP contribution in [0.15, 0.2) is 15.2 Å². The Hall–Kier alpha value is -2.41. The van der Waals surface area contributed by atoms with Crippen molar-refractivity contribution in [1.29, 1.82) is 0 Å². The first-order valence-corrected chi connectivity index (χ1v) is 13.4. The number of phosphoric acid groups is 1. The van der Waals surface area contributed by atoms with Crippen LogP contribution in [-0.2, 0) is 28.1 Å². The van der Waals surface area contributed by atoms with Gasteiger partial charge >= 0.3 is 7.82 Å². The molecule has 3 aliphatic heterocycles. The van der Waals surface area contributed by atoms with Crippen molar-refractivity contribution in [2.24, 2.45) is 38.9 Å². The van der Waals surface area contributed by atoms with E-state index in [-0.39, 0.29) is 50.2 Å². The van der Waals surface area contributed by atoms with Crippen LogP contribution in [0.5, 0.6) is 0 Å². The molecule has 38 heavy (non-hydrogen) atoms. The largest absolute Gasteiger partial charge is 0.472 e. The van der Waals surface area contributed by atoms with E-state index in [1.807, 2.05) is 13.8 Å². The first kappa shape index (κ1) is 33.6. The molecule has 3 rings (SSSR count). The lowest BCUT2D eigenvalue weighted by molar-refractivity contribution is -0.202. The summed E-state index contributed by atoms with van der Waals surface area (Å²) in [6.45, 7) is 11.4. The first-order valence-electron chi connectivity index (χ1n) is 11.8. The molecule has 16 nitrogen and oxygen atoms in total. The van der Waals surface area contributed by atoms with Crippen LogP contribution in [0.4, 0.5) is 0 Å². The molecule has 0 aromatic heterocycles. The third kappa shape index (κ3) is 9.11. The molecule has 0 aromatic rings. The number of phosphoric ester groups is 1. The summed E-state index contributed by atoms with van der Waals surface area (Å²) in [6, 6.07) is -0.634. The second-order valence-corrected chi connectivity index (χ2v) is 10.6. The molecule has 10 unspecified atom stereocenters. The van der Waals surface area contributed by atoms with Gasteiger partial charge in [-0.3, -0.25) is 9.32 Å². The van der Waals surface area contributed by atoms with Crippen molar-refractivity contribution in [2.45, 2.75) is 85.8 Å². The molecule has 10 atom stereocenters. The van der Waals surface area contributed by atoms with Gasteiger partial charge in [-0.15, -0.1) is 0 Å². The van der Waals surface area contributed by atoms with Crippen LogP contribution >= 0.6 is 7.82 Å². The number of ether oxygens (including phenoxy) is 3. The monoisotopic (exact) mass is 562 g/mol. The smallest absolute Gasteiger partial charge is 0.450 e. The van der Waals surface area contributed by atoms with Gasteiger partial charge in [0.25, 0.3) is 0 Å². The highest BCUT2D eigenvalue weighted by atomic mass is 31.2. The van der Waals surface area contributed by atoms with Crippen molar-refractivity contribution in [3.8, 4) is 0 Å². The van der Waals surface area contributed by atoms with Crippen molar-refractivity contribution in [1.82, 2.24) is 5.32 Å². The molecule has 1 amide bonds. The number of amides is 1. The predicted octanol–water partition coefficient (Wildman–Crippen LogP) is 3.65. The molecule has 0 aliphatic carbocycles. The van der Waals surface area contributed by atoms with Gasteiger partial charge < -0.3 is 29.3 Å². The number of rotatable bonds is 7. The first-order chi connectivity index (χ1) is 17.3. The van der Waals surface area contributed by atoms with Crippen LogP contribution in [0.1, 0.15) is 49.0 Å². The van der Waals surface area contributed by atoms with E-state index in [4.69, 9.17) is 35.1 Å². The number of nitrogens with zero attached hydrogens (tertiary/aromatic N) is 7. The molecule has 0 aromatic carbocycles. The van der Waals surface area contributed by atoms with Crippen LogP contribution in [0, 0.1) is 23.7 Å². The van der Waals surface area contributed by atoms with Gasteiger partial charge in [-0.05, 0) is 34.7 Å². The second kappa shape index (κ2) is 14.7. The van der Waals surface area contributed by atoms with Gasteiger partial charge in [-0.1, -0.05) is 45.4 Å². The average molecular weight is 563 g/mol. The number of fused-ring (bicyclic) bond motifs is 1. The number of carbonyl (C=O) groups excluding carboxylic acids is 1. The van der Waals surface area contributed by atoms with E-state index in [0.717, 1.165) is 0 Å². The Balaban J connectivity index is 0.000000382. The fourth-order valence-corrected chi connectivity index (χ4v) is 5.02. The van der Waals surface area contributed by atoms with Crippen LogP contribution in [0.3, 0.4) is 0 Å². The van der Waals surface area contributed by atoms with Crippen molar-refractivity contribution >= 4 is 19.6 Å². The maximum Gasteiger partial charge on any atom is 0.472 e. The van der Waals surface area contributed by atoms with E-state index in [1.165, 1.54) is 6.92 Å². The summed E-state index contributed by atoms with van der Waals surface area (Å²) in [7, 11) is -4.79. The van der Waals surface area contributed by atoms with Gasteiger partial charge in [0.2, 0.25) is 12.2 Å². The molecular weight excluding hydrogens is 523 g/mol. The molecule has 0 radical (unpaired) electrons. The molecule has 3 heterocycles. The lowest BCUT2D eigenvalue weighted by Crippen LogP contribution is -2.57. The normalized spacial score (nSPS) is 35.8. The Labute approximate surface area is 221 Å². The summed E-state index contributed by atoms with van der Waals surface area (Å²) in [6.07, 6.45) is -2.25. The molecule has 3 N–H and O–H groups in total. The summed E-state index contributed by atoms with van der Waals surface area (Å²) < 4.78 is 32.4. The third-order valence-electron chi connectivity index (χ3n) is 7.01. The van der Waals surface area contributed by atoms with Gasteiger partial charge in [0, 0.05) is 23.7 Å². The van der Waals surface area contributed by atoms with Gasteiger partial charge in [-0.2, -0.15) is 0 Å². The van der Waals surface area contributed by atoms with Crippen LogP contribution < -0.4 is 5.32 Å². The Kier molecular flexibility index (Phi) is 13.0. The Morgan fingerprint density at radius 1 is 1.05 bits per heavy atom. The summed E-state index contributed by atoms with van der Waals surface area (Å²) in [5.74, 6) is 0.691. The molecule has 2 saturated heterocycles. The maximum absolute atomic E-state index is 11.2. The van der Waals surface area contributed by atoms with E-state index in [9.17, 15) is 9.36 Å². The highest BCUT2D eigenvalue weighted by Gasteiger charge is 2.46. The molecule has 2 fully saturated rings. The number of hydrogen-bond donors (Lipinski definition) is 3. The molecule has 216 valence electrons. The maximum atomic E-state index is 11.2. The number of carbonyl (C=O) groups is 1. The van der Waals surface area contributed by atoms with E-state index < -0.39 is 26.3 Å². The molecular formula is C21H39N8O8P. The number of nitrogens with one attached hydrogen (secondary N) is 1. The van der Waals surface area contributed by atoms with Gasteiger partial charge in [0.15, 0.2) is 12.2 Å². The van der Waals surface area contributed by atoms with Crippen molar-refractivity contribution < 1.29 is 37.9 Å². The Morgan fingerprint density at radius 3 is 2.08 bits per heavy atom. The SMILES string of the molecule is C.CC(=O)NC1C(OP(=O)(O)O)OC(CN=[N+]=[N-])C(C)C1C.CC1=NC2C(O1)OC(CN=[N+]=[N-])C(C)C2C. The zero-order chi connectivity index (χ0) is 27.9. The standard InChI is InChI=1S/C10H19N4O6P.C10H16N4O2.CH4/c1-5-6(2)9(13-7(3)15)10(20-21(16,17)18)19-8(5)4-12-14-11;1-5-6(2)9-10(15-7(3)13-9)16-8(5)4-12-14-11;/h5-6,8-10H,4H2,1-3H3,(H,13,15)(H2,16,17,18);5-6,8-10H,4H2,1-3H3;1H4. The summed E-state index contributed by atoms with van der Waals surface area (Å²) in [5, 5.41) is 9.57. The molecule has 0 spiro atoms. The summed E-state index contributed by atoms with van der Waals surface area (Å²) >= 11 is 0. The van der Waals surface area contributed by atoms with Crippen LogP contribution in [0.2, 0.25) is 0 Å². The predicted molar refractivity (Wildman–Crippen MR) is 137 cm³/mol. The van der Waals surface area contributed by atoms with Crippen molar-refractivity contribution in [3.63, 3.8) is 0 Å². The van der Waals surface area contributed by atoms with E-state index in [2.05, 4.69) is 48.7 Å².